The minimum Gasteiger partial charge on any atom is -0.490 e. The van der Waals surface area contributed by atoms with Gasteiger partial charge in [0.25, 0.3) is 5.91 Å². The molecule has 1 heterocycles. The van der Waals surface area contributed by atoms with Gasteiger partial charge in [0.05, 0.1) is 25.0 Å². The first kappa shape index (κ1) is 24.1. The van der Waals surface area contributed by atoms with Gasteiger partial charge in [0.2, 0.25) is 0 Å². The van der Waals surface area contributed by atoms with E-state index in [2.05, 4.69) is 10.4 Å². The number of alkyl halides is 3. The third kappa shape index (κ3) is 5.63. The van der Waals surface area contributed by atoms with Crippen molar-refractivity contribution < 1.29 is 31.8 Å². The summed E-state index contributed by atoms with van der Waals surface area (Å²) >= 11 is 0. The second kappa shape index (κ2) is 10.4. The third-order valence-corrected chi connectivity index (χ3v) is 4.49. The quantitative estimate of drug-likeness (QED) is 0.402. The normalized spacial score (nSPS) is 11.3. The lowest BCUT2D eigenvalue weighted by molar-refractivity contribution is -0.143. The van der Waals surface area contributed by atoms with Crippen LogP contribution in [-0.4, -0.2) is 28.9 Å². The van der Waals surface area contributed by atoms with Crippen molar-refractivity contribution in [2.24, 2.45) is 0 Å². The van der Waals surface area contributed by atoms with Crippen LogP contribution in [0, 0.1) is 5.82 Å². The lowest BCUT2D eigenvalue weighted by atomic mass is 10.2. The fraction of sp³-hybridized carbons (Fsp3) is 0.304. The Labute approximate surface area is 188 Å². The first-order valence-corrected chi connectivity index (χ1v) is 10.4. The van der Waals surface area contributed by atoms with Crippen LogP contribution in [0.25, 0.3) is 5.69 Å². The van der Waals surface area contributed by atoms with E-state index in [-0.39, 0.29) is 5.69 Å². The molecule has 0 aliphatic rings. The van der Waals surface area contributed by atoms with Gasteiger partial charge in [0, 0.05) is 11.8 Å². The number of halogens is 4. The molecule has 0 spiro atoms. The van der Waals surface area contributed by atoms with E-state index >= 15 is 0 Å². The number of benzene rings is 2. The predicted molar refractivity (Wildman–Crippen MR) is 114 cm³/mol. The van der Waals surface area contributed by atoms with Gasteiger partial charge in [-0.25, -0.2) is 9.07 Å². The van der Waals surface area contributed by atoms with Crippen molar-refractivity contribution >= 4 is 11.6 Å². The summed E-state index contributed by atoms with van der Waals surface area (Å²) in [4.78, 5) is 12.8. The molecule has 2 aromatic carbocycles. The van der Waals surface area contributed by atoms with Crippen LogP contribution < -0.4 is 14.8 Å². The average molecular weight is 465 g/mol. The Hall–Kier alpha value is -3.56. The van der Waals surface area contributed by atoms with Crippen molar-refractivity contribution in [2.75, 3.05) is 18.5 Å². The summed E-state index contributed by atoms with van der Waals surface area (Å²) in [6.45, 7) is 4.72. The zero-order valence-corrected chi connectivity index (χ0v) is 18.1. The van der Waals surface area contributed by atoms with E-state index in [9.17, 15) is 22.4 Å². The molecule has 0 saturated heterocycles. The summed E-state index contributed by atoms with van der Waals surface area (Å²) in [5, 5.41) is 6.06. The van der Waals surface area contributed by atoms with Gasteiger partial charge in [-0.2, -0.15) is 18.3 Å². The fourth-order valence-electron chi connectivity index (χ4n) is 3.03. The minimum atomic E-state index is -4.96. The van der Waals surface area contributed by atoms with Crippen molar-refractivity contribution in [2.45, 2.75) is 32.9 Å². The largest absolute Gasteiger partial charge is 0.490 e. The van der Waals surface area contributed by atoms with Crippen molar-refractivity contribution in [1.29, 1.82) is 0 Å². The molecule has 0 atom stereocenters. The third-order valence-electron chi connectivity index (χ3n) is 4.49. The van der Waals surface area contributed by atoms with Gasteiger partial charge in [0.1, 0.15) is 11.5 Å². The molecular formula is C23H23F4N3O3. The molecule has 176 valence electrons. The molecule has 10 heteroatoms. The van der Waals surface area contributed by atoms with Crippen LogP contribution in [0.2, 0.25) is 0 Å². The van der Waals surface area contributed by atoms with Gasteiger partial charge in [-0.3, -0.25) is 4.79 Å². The second-order valence-electron chi connectivity index (χ2n) is 7.08. The molecule has 0 aliphatic heterocycles. The van der Waals surface area contributed by atoms with Crippen LogP contribution >= 0.6 is 0 Å². The van der Waals surface area contributed by atoms with E-state index in [0.717, 1.165) is 31.2 Å². The first-order chi connectivity index (χ1) is 15.8. The van der Waals surface area contributed by atoms with Crippen LogP contribution in [-0.2, 0) is 6.18 Å². The Morgan fingerprint density at radius 2 is 1.70 bits per heavy atom. The number of para-hydroxylation sites is 1. The van der Waals surface area contributed by atoms with E-state index in [1.807, 2.05) is 13.8 Å². The van der Waals surface area contributed by atoms with Crippen molar-refractivity contribution in [3.05, 3.63) is 65.7 Å². The number of hydrogen-bond donors (Lipinski definition) is 1. The van der Waals surface area contributed by atoms with Gasteiger partial charge < -0.3 is 14.8 Å². The average Bonchev–Trinajstić information content (AvgIpc) is 3.23. The molecule has 0 saturated carbocycles. The molecule has 1 amide bonds. The van der Waals surface area contributed by atoms with Gasteiger partial charge in [-0.15, -0.1) is 0 Å². The molecule has 3 rings (SSSR count). The van der Waals surface area contributed by atoms with E-state index < -0.39 is 34.8 Å². The number of aromatic nitrogens is 2. The molecule has 0 fully saturated rings. The Balaban J connectivity index is 1.94. The van der Waals surface area contributed by atoms with E-state index in [1.165, 1.54) is 24.3 Å². The summed E-state index contributed by atoms with van der Waals surface area (Å²) in [5.41, 5.74) is -2.33. The van der Waals surface area contributed by atoms with E-state index in [0.29, 0.717) is 29.4 Å². The van der Waals surface area contributed by atoms with Crippen LogP contribution in [0.4, 0.5) is 23.2 Å². The molecule has 0 unspecified atom stereocenters. The molecular weight excluding hydrogens is 442 g/mol. The number of rotatable bonds is 9. The van der Waals surface area contributed by atoms with Crippen molar-refractivity contribution in [3.8, 4) is 17.2 Å². The van der Waals surface area contributed by atoms with Crippen LogP contribution in [0.3, 0.4) is 0 Å². The zero-order valence-electron chi connectivity index (χ0n) is 18.1. The lowest BCUT2D eigenvalue weighted by Crippen LogP contribution is -2.21. The number of amides is 1. The number of nitrogens with zero attached hydrogens (tertiary/aromatic N) is 2. The van der Waals surface area contributed by atoms with Crippen molar-refractivity contribution in [1.82, 2.24) is 9.78 Å². The number of hydrogen-bond acceptors (Lipinski definition) is 4. The maximum absolute atomic E-state index is 14.1. The zero-order chi connectivity index (χ0) is 24.0. The van der Waals surface area contributed by atoms with E-state index in [1.54, 1.807) is 6.07 Å². The Morgan fingerprint density at radius 1 is 1.03 bits per heavy atom. The van der Waals surface area contributed by atoms with Crippen LogP contribution in [0.15, 0.2) is 48.7 Å². The van der Waals surface area contributed by atoms with Gasteiger partial charge in [-0.05, 0) is 37.1 Å². The number of carbonyl (C=O) groups excluding carboxylic acids is 1. The molecule has 0 bridgehead atoms. The monoisotopic (exact) mass is 465 g/mol. The second-order valence-corrected chi connectivity index (χ2v) is 7.08. The maximum Gasteiger partial charge on any atom is 0.434 e. The SMILES string of the molecule is CCCOc1ccc(NC(=O)c2cnn(-c3ccccc3F)c2C(F)(F)F)cc1OCCC. The Bertz CT molecular complexity index is 1110. The molecule has 6 nitrogen and oxygen atoms in total. The van der Waals surface area contributed by atoms with E-state index in [4.69, 9.17) is 9.47 Å². The van der Waals surface area contributed by atoms with Gasteiger partial charge in [-0.1, -0.05) is 26.0 Å². The maximum atomic E-state index is 14.1. The highest BCUT2D eigenvalue weighted by molar-refractivity contribution is 6.05. The summed E-state index contributed by atoms with van der Waals surface area (Å²) < 4.78 is 67.3. The summed E-state index contributed by atoms with van der Waals surface area (Å²) in [6, 6.07) is 9.42. The van der Waals surface area contributed by atoms with Gasteiger partial charge in [0.15, 0.2) is 17.2 Å². The topological polar surface area (TPSA) is 65.4 Å². The summed E-state index contributed by atoms with van der Waals surface area (Å²) in [5.74, 6) is -1.13. The number of ether oxygens (including phenoxy) is 2. The van der Waals surface area contributed by atoms with Gasteiger partial charge >= 0.3 is 6.18 Å². The molecule has 0 aliphatic carbocycles. The van der Waals surface area contributed by atoms with Crippen LogP contribution in [0.5, 0.6) is 11.5 Å². The fourth-order valence-corrected chi connectivity index (χ4v) is 3.03. The highest BCUT2D eigenvalue weighted by atomic mass is 19.4. The molecule has 33 heavy (non-hydrogen) atoms. The highest BCUT2D eigenvalue weighted by Crippen LogP contribution is 2.35. The summed E-state index contributed by atoms with van der Waals surface area (Å²) in [7, 11) is 0. The smallest absolute Gasteiger partial charge is 0.434 e. The Morgan fingerprint density at radius 3 is 2.33 bits per heavy atom. The highest BCUT2D eigenvalue weighted by Gasteiger charge is 2.41. The molecule has 3 aromatic rings. The minimum absolute atomic E-state index is 0.210. The van der Waals surface area contributed by atoms with Crippen molar-refractivity contribution in [3.63, 3.8) is 0 Å². The standard InChI is InChI=1S/C23H23F4N3O3/c1-3-11-32-19-10-9-15(13-20(19)33-12-4-2)29-22(31)16-14-28-30(21(16)23(25,26)27)18-8-6-5-7-17(18)24/h5-10,13-14H,3-4,11-12H2,1-2H3,(H,29,31). The predicted octanol–water partition coefficient (Wildman–Crippen LogP) is 5.86. The number of nitrogens with one attached hydrogen (secondary N) is 1. The van der Waals surface area contributed by atoms with Crippen LogP contribution in [0.1, 0.15) is 42.7 Å². The molecule has 1 N–H and O–H groups in total. The number of anilines is 1. The first-order valence-electron chi connectivity index (χ1n) is 10.4. The molecule has 0 radical (unpaired) electrons. The summed E-state index contributed by atoms with van der Waals surface area (Å²) in [6.07, 6.45) is -2.69. The molecule has 1 aromatic heterocycles. The lowest BCUT2D eigenvalue weighted by Gasteiger charge is -2.15. The number of carbonyl (C=O) groups is 1. The Kier molecular flexibility index (Phi) is 7.57.